The zero-order valence-electron chi connectivity index (χ0n) is 10.1. The quantitative estimate of drug-likeness (QED) is 0.749. The van der Waals surface area contributed by atoms with Crippen LogP contribution in [0.5, 0.6) is 0 Å². The summed E-state index contributed by atoms with van der Waals surface area (Å²) in [7, 11) is 1.83. The van der Waals surface area contributed by atoms with Crippen molar-refractivity contribution in [3.63, 3.8) is 0 Å². The molecule has 0 saturated heterocycles. The van der Waals surface area contributed by atoms with Gasteiger partial charge >= 0.3 is 5.63 Å². The van der Waals surface area contributed by atoms with Gasteiger partial charge in [-0.15, -0.1) is 0 Å². The summed E-state index contributed by atoms with van der Waals surface area (Å²) >= 11 is 0. The van der Waals surface area contributed by atoms with E-state index >= 15 is 0 Å². The highest BCUT2D eigenvalue weighted by atomic mass is 16.4. The van der Waals surface area contributed by atoms with Crippen LogP contribution in [-0.4, -0.2) is 7.05 Å². The Hall–Kier alpha value is -1.77. The topological polar surface area (TPSA) is 42.2 Å². The summed E-state index contributed by atoms with van der Waals surface area (Å²) in [6, 6.07) is 7.22. The standard InChI is InChI=1S/C11H11NO2.C2H6/c1-7-5-11(13)14-10-6-8(12-2)3-4-9(7)10;1-2/h3-6,12H,1-2H3;1-2H3. The molecule has 0 amide bonds. The van der Waals surface area contributed by atoms with Gasteiger partial charge in [0.2, 0.25) is 0 Å². The first-order valence-corrected chi connectivity index (χ1v) is 5.43. The molecular weight excluding hydrogens is 202 g/mol. The molecule has 1 N–H and O–H groups in total. The number of benzene rings is 1. The molecule has 86 valence electrons. The molecule has 0 radical (unpaired) electrons. The molecule has 0 bridgehead atoms. The number of anilines is 1. The van der Waals surface area contributed by atoms with Gasteiger partial charge in [-0.3, -0.25) is 0 Å². The first kappa shape index (κ1) is 12.3. The van der Waals surface area contributed by atoms with Gasteiger partial charge in [-0.2, -0.15) is 0 Å². The maximum Gasteiger partial charge on any atom is 0.336 e. The monoisotopic (exact) mass is 219 g/mol. The highest BCUT2D eigenvalue weighted by molar-refractivity contribution is 5.83. The van der Waals surface area contributed by atoms with Crippen LogP contribution in [0.15, 0.2) is 33.5 Å². The van der Waals surface area contributed by atoms with Gasteiger partial charge in [0.15, 0.2) is 0 Å². The lowest BCUT2D eigenvalue weighted by Gasteiger charge is -2.03. The third kappa shape index (κ3) is 2.42. The normalized spacial score (nSPS) is 9.50. The van der Waals surface area contributed by atoms with E-state index in [0.717, 1.165) is 16.6 Å². The van der Waals surface area contributed by atoms with Crippen LogP contribution >= 0.6 is 0 Å². The van der Waals surface area contributed by atoms with E-state index in [1.807, 2.05) is 46.0 Å². The smallest absolute Gasteiger partial charge is 0.336 e. The fraction of sp³-hybridized carbons (Fsp3) is 0.308. The molecule has 1 aromatic heterocycles. The van der Waals surface area contributed by atoms with Crippen LogP contribution < -0.4 is 10.9 Å². The zero-order chi connectivity index (χ0) is 12.1. The first-order valence-electron chi connectivity index (χ1n) is 5.43. The van der Waals surface area contributed by atoms with Gasteiger partial charge in [0.05, 0.1) is 0 Å². The molecule has 3 heteroatoms. The second-order valence-corrected chi connectivity index (χ2v) is 3.21. The molecule has 2 rings (SSSR count). The van der Waals surface area contributed by atoms with E-state index in [4.69, 9.17) is 4.42 Å². The SMILES string of the molecule is CC.CNc1ccc2c(C)cc(=O)oc2c1. The Kier molecular flexibility index (Phi) is 4.11. The zero-order valence-corrected chi connectivity index (χ0v) is 10.1. The molecule has 0 aliphatic carbocycles. The summed E-state index contributed by atoms with van der Waals surface area (Å²) in [5.74, 6) is 0. The van der Waals surface area contributed by atoms with Crippen LogP contribution in [0.4, 0.5) is 5.69 Å². The predicted octanol–water partition coefficient (Wildman–Crippen LogP) is 3.17. The molecule has 0 atom stereocenters. The molecular formula is C13H17NO2. The summed E-state index contributed by atoms with van der Waals surface area (Å²) < 4.78 is 5.09. The van der Waals surface area contributed by atoms with Crippen molar-refractivity contribution in [2.45, 2.75) is 20.8 Å². The van der Waals surface area contributed by atoms with Crippen molar-refractivity contribution in [2.24, 2.45) is 0 Å². The minimum atomic E-state index is -0.303. The fourth-order valence-corrected chi connectivity index (χ4v) is 1.48. The number of nitrogens with one attached hydrogen (secondary N) is 1. The molecule has 0 unspecified atom stereocenters. The molecule has 0 spiro atoms. The van der Waals surface area contributed by atoms with Gasteiger partial charge in [-0.05, 0) is 24.6 Å². The van der Waals surface area contributed by atoms with Crippen LogP contribution in [0.1, 0.15) is 19.4 Å². The molecule has 0 saturated carbocycles. The van der Waals surface area contributed by atoms with Crippen LogP contribution in [0, 0.1) is 6.92 Å². The van der Waals surface area contributed by atoms with Crippen LogP contribution in [0.2, 0.25) is 0 Å². The average Bonchev–Trinajstić information content (AvgIpc) is 2.30. The maximum absolute atomic E-state index is 11.1. The number of fused-ring (bicyclic) bond motifs is 1. The molecule has 3 nitrogen and oxygen atoms in total. The summed E-state index contributed by atoms with van der Waals surface area (Å²) in [6.07, 6.45) is 0. The van der Waals surface area contributed by atoms with E-state index in [-0.39, 0.29) is 5.63 Å². The summed E-state index contributed by atoms with van der Waals surface area (Å²) in [5.41, 5.74) is 2.20. The second kappa shape index (κ2) is 5.35. The van der Waals surface area contributed by atoms with Crippen LogP contribution in [0.25, 0.3) is 11.0 Å². The van der Waals surface area contributed by atoms with Crippen LogP contribution in [-0.2, 0) is 0 Å². The van der Waals surface area contributed by atoms with Gasteiger partial charge in [-0.25, -0.2) is 4.79 Å². The highest BCUT2D eigenvalue weighted by Gasteiger charge is 2.01. The minimum Gasteiger partial charge on any atom is -0.423 e. The molecule has 0 fully saturated rings. The Bertz CT molecular complexity index is 529. The lowest BCUT2D eigenvalue weighted by atomic mass is 10.1. The Morgan fingerprint density at radius 1 is 1.19 bits per heavy atom. The van der Waals surface area contributed by atoms with Crippen molar-refractivity contribution < 1.29 is 4.42 Å². The third-order valence-corrected chi connectivity index (χ3v) is 2.24. The summed E-state index contributed by atoms with van der Waals surface area (Å²) in [6.45, 7) is 5.90. The highest BCUT2D eigenvalue weighted by Crippen LogP contribution is 2.19. The van der Waals surface area contributed by atoms with E-state index < -0.39 is 0 Å². The van der Waals surface area contributed by atoms with Gasteiger partial charge in [0.1, 0.15) is 5.58 Å². The average molecular weight is 219 g/mol. The molecule has 16 heavy (non-hydrogen) atoms. The maximum atomic E-state index is 11.1. The Morgan fingerprint density at radius 3 is 2.50 bits per heavy atom. The summed E-state index contributed by atoms with van der Waals surface area (Å²) in [5, 5.41) is 3.97. The first-order chi connectivity index (χ1) is 7.70. The molecule has 2 aromatic rings. The predicted molar refractivity (Wildman–Crippen MR) is 68.1 cm³/mol. The van der Waals surface area contributed by atoms with Crippen molar-refractivity contribution in [1.82, 2.24) is 0 Å². The fourth-order valence-electron chi connectivity index (χ4n) is 1.48. The number of rotatable bonds is 1. The second-order valence-electron chi connectivity index (χ2n) is 3.21. The Labute approximate surface area is 95.1 Å². The van der Waals surface area contributed by atoms with Crippen molar-refractivity contribution in [3.8, 4) is 0 Å². The van der Waals surface area contributed by atoms with Gasteiger partial charge in [0, 0.05) is 30.3 Å². The number of hydrogen-bond donors (Lipinski definition) is 1. The van der Waals surface area contributed by atoms with Crippen molar-refractivity contribution in [2.75, 3.05) is 12.4 Å². The third-order valence-electron chi connectivity index (χ3n) is 2.24. The van der Waals surface area contributed by atoms with E-state index in [1.54, 1.807) is 0 Å². The number of hydrogen-bond acceptors (Lipinski definition) is 3. The minimum absolute atomic E-state index is 0.303. The van der Waals surface area contributed by atoms with Crippen molar-refractivity contribution in [1.29, 1.82) is 0 Å². The number of aryl methyl sites for hydroxylation is 1. The summed E-state index contributed by atoms with van der Waals surface area (Å²) in [4.78, 5) is 11.1. The van der Waals surface area contributed by atoms with E-state index in [9.17, 15) is 4.79 Å². The van der Waals surface area contributed by atoms with Gasteiger partial charge in [-0.1, -0.05) is 13.8 Å². The van der Waals surface area contributed by atoms with Crippen LogP contribution in [0.3, 0.4) is 0 Å². The Morgan fingerprint density at radius 2 is 1.88 bits per heavy atom. The lowest BCUT2D eigenvalue weighted by molar-refractivity contribution is 0.560. The van der Waals surface area contributed by atoms with E-state index in [1.165, 1.54) is 6.07 Å². The lowest BCUT2D eigenvalue weighted by Crippen LogP contribution is -1.98. The van der Waals surface area contributed by atoms with E-state index in [0.29, 0.717) is 5.58 Å². The molecule has 1 heterocycles. The molecule has 1 aromatic carbocycles. The largest absolute Gasteiger partial charge is 0.423 e. The van der Waals surface area contributed by atoms with Crippen molar-refractivity contribution in [3.05, 3.63) is 40.2 Å². The van der Waals surface area contributed by atoms with Crippen molar-refractivity contribution >= 4 is 16.7 Å². The molecule has 0 aliphatic heterocycles. The van der Waals surface area contributed by atoms with Gasteiger partial charge in [0.25, 0.3) is 0 Å². The van der Waals surface area contributed by atoms with E-state index in [2.05, 4.69) is 5.32 Å². The Balaban J connectivity index is 0.000000606. The van der Waals surface area contributed by atoms with Gasteiger partial charge < -0.3 is 9.73 Å². The molecule has 0 aliphatic rings.